The summed E-state index contributed by atoms with van der Waals surface area (Å²) in [6.07, 6.45) is 19.8. The van der Waals surface area contributed by atoms with Crippen molar-refractivity contribution >= 4 is 11.6 Å². The van der Waals surface area contributed by atoms with Gasteiger partial charge in [0, 0.05) is 63.7 Å². The number of hydrogen-bond donors (Lipinski definition) is 2. The molecule has 2 aromatic rings. The number of benzene rings is 2. The molecule has 2 fully saturated rings. The Kier molecular flexibility index (Phi) is 19.4. The smallest absolute Gasteiger partial charge is 0.239 e. The second-order valence-electron chi connectivity index (χ2n) is 19.9. The largest absolute Gasteiger partial charge is 0.492 e. The summed E-state index contributed by atoms with van der Waals surface area (Å²) in [4.78, 5) is 25.7. The van der Waals surface area contributed by atoms with Gasteiger partial charge in [-0.05, 0) is 106 Å². The van der Waals surface area contributed by atoms with E-state index in [2.05, 4.69) is 30.5 Å². The van der Waals surface area contributed by atoms with Gasteiger partial charge in [-0.2, -0.15) is 0 Å². The molecule has 2 aliphatic heterocycles. The van der Waals surface area contributed by atoms with E-state index in [0.717, 1.165) is 92.7 Å². The molecule has 0 radical (unpaired) electrons. The Hall–Kier alpha value is -3.77. The Bertz CT molecular complexity index is 1860. The molecule has 2 heterocycles. The lowest BCUT2D eigenvalue weighted by Crippen LogP contribution is -2.70. The van der Waals surface area contributed by atoms with E-state index in [1.807, 2.05) is 37.8 Å². The van der Waals surface area contributed by atoms with E-state index in [0.29, 0.717) is 38.0 Å². The van der Waals surface area contributed by atoms with Crippen molar-refractivity contribution in [3.05, 3.63) is 83.7 Å². The SMILES string of the molecule is C=CCOC12Oc3ccc(OCCN4CC4)cc3C3C(CCCCO)C(CCCCO)C=C(C(=NOC(C)(C)C)CC1N(Cc1ccc(F)cc1)C(=O)CCCCCCCCCCC)C32. The maximum absolute atomic E-state index is 15.1. The van der Waals surface area contributed by atoms with Crippen molar-refractivity contribution in [3.8, 4) is 11.5 Å². The summed E-state index contributed by atoms with van der Waals surface area (Å²) in [5.41, 5.74) is 3.02. The van der Waals surface area contributed by atoms with Crippen molar-refractivity contribution in [2.75, 3.05) is 46.1 Å². The Morgan fingerprint density at radius 2 is 1.65 bits per heavy atom. The predicted molar refractivity (Wildman–Crippen MR) is 257 cm³/mol. The van der Waals surface area contributed by atoms with Gasteiger partial charge in [-0.1, -0.05) is 101 Å². The molecule has 2 aromatic carbocycles. The normalized spacial score (nSPS) is 24.1. The summed E-state index contributed by atoms with van der Waals surface area (Å²) in [5.74, 6) is -0.601. The van der Waals surface area contributed by atoms with Crippen LogP contribution in [-0.4, -0.2) is 95.1 Å². The Balaban J connectivity index is 1.49. The van der Waals surface area contributed by atoms with Crippen LogP contribution in [0.3, 0.4) is 0 Å². The van der Waals surface area contributed by atoms with Crippen molar-refractivity contribution < 1.29 is 38.4 Å². The predicted octanol–water partition coefficient (Wildman–Crippen LogP) is 10.9. The van der Waals surface area contributed by atoms with E-state index in [-0.39, 0.29) is 55.8 Å². The first kappa shape index (κ1) is 50.6. The Morgan fingerprint density at radius 3 is 2.31 bits per heavy atom. The summed E-state index contributed by atoms with van der Waals surface area (Å²) in [6, 6.07) is 11.9. The lowest BCUT2D eigenvalue weighted by atomic mass is 9.55. The van der Waals surface area contributed by atoms with Crippen LogP contribution >= 0.6 is 0 Å². The lowest BCUT2D eigenvalue weighted by molar-refractivity contribution is -0.258. The molecular weight excluding hydrogens is 822 g/mol. The van der Waals surface area contributed by atoms with Crippen LogP contribution in [0.15, 0.2) is 71.9 Å². The van der Waals surface area contributed by atoms with E-state index in [4.69, 9.17) is 24.2 Å². The van der Waals surface area contributed by atoms with Crippen LogP contribution in [0.5, 0.6) is 11.5 Å². The summed E-state index contributed by atoms with van der Waals surface area (Å²) >= 11 is 0. The van der Waals surface area contributed by atoms with Gasteiger partial charge in [0.15, 0.2) is 0 Å². The summed E-state index contributed by atoms with van der Waals surface area (Å²) in [5, 5.41) is 25.0. The highest BCUT2D eigenvalue weighted by Crippen LogP contribution is 2.62. The summed E-state index contributed by atoms with van der Waals surface area (Å²) in [7, 11) is 0. The van der Waals surface area contributed by atoms with Crippen molar-refractivity contribution in [1.82, 2.24) is 9.80 Å². The third-order valence-corrected chi connectivity index (χ3v) is 13.7. The molecule has 1 saturated heterocycles. The molecule has 0 aromatic heterocycles. The highest BCUT2D eigenvalue weighted by molar-refractivity contribution is 6.03. The highest BCUT2D eigenvalue weighted by Gasteiger charge is 2.65. The molecule has 10 nitrogen and oxygen atoms in total. The molecule has 6 atom stereocenters. The number of unbranched alkanes of at least 4 members (excludes halogenated alkanes) is 10. The summed E-state index contributed by atoms with van der Waals surface area (Å²) < 4.78 is 35.5. The first-order chi connectivity index (χ1) is 31.5. The highest BCUT2D eigenvalue weighted by atomic mass is 19.1. The van der Waals surface area contributed by atoms with Crippen LogP contribution in [0.2, 0.25) is 0 Å². The van der Waals surface area contributed by atoms with Crippen LogP contribution in [0, 0.1) is 23.6 Å². The van der Waals surface area contributed by atoms with Crippen LogP contribution in [0.25, 0.3) is 0 Å². The lowest BCUT2D eigenvalue weighted by Gasteiger charge is -2.60. The number of nitrogens with zero attached hydrogens (tertiary/aromatic N) is 3. The fraction of sp³-hybridized carbons (Fsp3) is 0.667. The van der Waals surface area contributed by atoms with Gasteiger partial charge >= 0.3 is 0 Å². The monoisotopic (exact) mass is 902 g/mol. The number of carbonyl (C=O) groups excluding carboxylic acids is 1. The fourth-order valence-corrected chi connectivity index (χ4v) is 10.4. The van der Waals surface area contributed by atoms with Crippen LogP contribution in [0.1, 0.15) is 154 Å². The average Bonchev–Trinajstić information content (AvgIpc) is 4.12. The molecule has 360 valence electrons. The summed E-state index contributed by atoms with van der Waals surface area (Å²) in [6.45, 7) is 16.6. The molecular formula is C54H80FN3O7. The van der Waals surface area contributed by atoms with Gasteiger partial charge in [0.1, 0.15) is 35.6 Å². The quantitative estimate of drug-likeness (QED) is 0.0359. The Labute approximate surface area is 389 Å². The maximum Gasteiger partial charge on any atom is 0.239 e. The molecule has 6 unspecified atom stereocenters. The molecule has 0 bridgehead atoms. The number of rotatable bonds is 29. The molecule has 65 heavy (non-hydrogen) atoms. The van der Waals surface area contributed by atoms with Crippen LogP contribution in [-0.2, 0) is 20.9 Å². The van der Waals surface area contributed by atoms with Gasteiger partial charge in [0.05, 0.1) is 18.2 Å². The third-order valence-electron chi connectivity index (χ3n) is 13.7. The topological polar surface area (TPSA) is 113 Å². The van der Waals surface area contributed by atoms with E-state index in [1.54, 1.807) is 18.2 Å². The van der Waals surface area contributed by atoms with Gasteiger partial charge in [-0.15, -0.1) is 6.58 Å². The number of amides is 1. The van der Waals surface area contributed by atoms with Crippen LogP contribution in [0.4, 0.5) is 4.39 Å². The molecule has 2 N–H and O–H groups in total. The molecule has 2 aliphatic carbocycles. The van der Waals surface area contributed by atoms with Gasteiger partial charge < -0.3 is 34.2 Å². The number of aliphatic hydroxyl groups is 2. The van der Waals surface area contributed by atoms with Gasteiger partial charge in [-0.25, -0.2) is 4.39 Å². The standard InChI is InChI=1S/C54H80FN3O7/c1-6-8-9-10-11-12-13-14-15-22-50(61)58(39-40-23-25-42(55)26-24-40)49-38-47(56-65-53(3,4)5)45-36-41(20-16-18-32-59)44(21-17-19-33-60)51-46-37-43(62-35-31-57-29-30-57)27-28-48(46)64-54(49,52(45)51)63-34-7-2/h7,23-28,36-37,41,44,49,51-52,59-60H,2,6,8-22,29-35,38-39H2,1,3-5H3. The van der Waals surface area contributed by atoms with Crippen molar-refractivity contribution in [2.24, 2.45) is 22.9 Å². The number of fused-ring (bicyclic) bond motifs is 2. The number of carbonyl (C=O) groups is 1. The van der Waals surface area contributed by atoms with E-state index in [9.17, 15) is 14.6 Å². The molecule has 1 saturated carbocycles. The minimum Gasteiger partial charge on any atom is -0.492 e. The molecule has 0 spiro atoms. The number of aliphatic hydroxyl groups excluding tert-OH is 2. The third kappa shape index (κ3) is 13.9. The van der Waals surface area contributed by atoms with E-state index >= 15 is 4.79 Å². The first-order valence-electron chi connectivity index (χ1n) is 25.2. The minimum atomic E-state index is -1.38. The number of halogens is 1. The number of ether oxygens (including phenoxy) is 3. The van der Waals surface area contributed by atoms with Crippen molar-refractivity contribution in [2.45, 2.75) is 167 Å². The molecule has 1 amide bonds. The fourth-order valence-electron chi connectivity index (χ4n) is 10.4. The van der Waals surface area contributed by atoms with E-state index < -0.39 is 23.3 Å². The Morgan fingerprint density at radius 1 is 0.954 bits per heavy atom. The molecule has 4 aliphatic rings. The van der Waals surface area contributed by atoms with Crippen LogP contribution < -0.4 is 9.47 Å². The number of hydrogen-bond acceptors (Lipinski definition) is 9. The van der Waals surface area contributed by atoms with Gasteiger partial charge in [0.25, 0.3) is 0 Å². The second kappa shape index (κ2) is 24.8. The second-order valence-corrected chi connectivity index (χ2v) is 19.9. The van der Waals surface area contributed by atoms with Gasteiger partial charge in [-0.3, -0.25) is 9.69 Å². The average molecular weight is 902 g/mol. The first-order valence-corrected chi connectivity index (χ1v) is 25.2. The number of oxime groups is 1. The van der Waals surface area contributed by atoms with Crippen molar-refractivity contribution in [3.63, 3.8) is 0 Å². The maximum atomic E-state index is 15.1. The van der Waals surface area contributed by atoms with Gasteiger partial charge in [0.2, 0.25) is 11.7 Å². The zero-order chi connectivity index (χ0) is 46.2. The zero-order valence-corrected chi connectivity index (χ0v) is 40.1. The number of allylic oxidation sites excluding steroid dienone is 1. The minimum absolute atomic E-state index is 0.00866. The zero-order valence-electron chi connectivity index (χ0n) is 40.1. The van der Waals surface area contributed by atoms with Crippen molar-refractivity contribution in [1.29, 1.82) is 0 Å². The molecule has 6 rings (SSSR count). The molecule has 11 heteroatoms. The van der Waals surface area contributed by atoms with E-state index in [1.165, 1.54) is 50.7 Å².